The Labute approximate surface area is 175 Å². The van der Waals surface area contributed by atoms with E-state index in [-0.39, 0.29) is 23.3 Å². The third kappa shape index (κ3) is 3.16. The first-order chi connectivity index (χ1) is 14.6. The second-order valence-corrected chi connectivity index (χ2v) is 8.49. The van der Waals surface area contributed by atoms with Gasteiger partial charge in [0.15, 0.2) is 5.78 Å². The standard InChI is InChI=1S/C24H25N3O3/c28-21-10-4-6-17-18(21)7-3-9-20(17)25-23(30)27-13-11-24(12-14-27)19-8-2-1-5-16(19)15-22(29)26-24/h1-3,5,7-9H,4,6,10-15H2,(H,25,30)(H,26,29). The van der Waals surface area contributed by atoms with E-state index in [1.807, 2.05) is 36.4 Å². The normalized spacial score (nSPS) is 19.7. The van der Waals surface area contributed by atoms with Gasteiger partial charge in [-0.15, -0.1) is 0 Å². The summed E-state index contributed by atoms with van der Waals surface area (Å²) in [6.45, 7) is 1.13. The molecule has 2 aliphatic heterocycles. The van der Waals surface area contributed by atoms with Gasteiger partial charge in [0.25, 0.3) is 0 Å². The first-order valence-corrected chi connectivity index (χ1v) is 10.7. The zero-order chi connectivity index (χ0) is 20.7. The van der Waals surface area contributed by atoms with Crippen molar-refractivity contribution in [2.24, 2.45) is 0 Å². The molecule has 0 bridgehead atoms. The van der Waals surface area contributed by atoms with Gasteiger partial charge in [-0.2, -0.15) is 0 Å². The number of ketones is 1. The van der Waals surface area contributed by atoms with Gasteiger partial charge in [-0.05, 0) is 48.4 Å². The summed E-state index contributed by atoms with van der Waals surface area (Å²) in [5.74, 6) is 0.200. The molecule has 2 aromatic rings. The summed E-state index contributed by atoms with van der Waals surface area (Å²) in [7, 11) is 0. The van der Waals surface area contributed by atoms with Gasteiger partial charge in [0.05, 0.1) is 12.0 Å². The summed E-state index contributed by atoms with van der Waals surface area (Å²) in [4.78, 5) is 39.2. The van der Waals surface area contributed by atoms with Gasteiger partial charge in [-0.25, -0.2) is 4.79 Å². The Morgan fingerprint density at radius 3 is 2.63 bits per heavy atom. The lowest BCUT2D eigenvalue weighted by molar-refractivity contribution is -0.124. The maximum Gasteiger partial charge on any atom is 0.321 e. The Balaban J connectivity index is 1.31. The van der Waals surface area contributed by atoms with Gasteiger partial charge in [0.1, 0.15) is 0 Å². The third-order valence-electron chi connectivity index (χ3n) is 6.72. The number of nitrogens with zero attached hydrogens (tertiary/aromatic N) is 1. The molecule has 1 aliphatic carbocycles. The number of urea groups is 1. The quantitative estimate of drug-likeness (QED) is 0.766. The number of likely N-dealkylation sites (tertiary alicyclic amines) is 1. The monoisotopic (exact) mass is 403 g/mol. The number of Topliss-reactive ketones (excluding diaryl/α,β-unsaturated/α-hetero) is 1. The van der Waals surface area contributed by atoms with Crippen LogP contribution < -0.4 is 10.6 Å². The molecular weight excluding hydrogens is 378 g/mol. The molecule has 154 valence electrons. The maximum atomic E-state index is 13.0. The van der Waals surface area contributed by atoms with Crippen molar-refractivity contribution < 1.29 is 14.4 Å². The van der Waals surface area contributed by atoms with E-state index >= 15 is 0 Å². The summed E-state index contributed by atoms with van der Waals surface area (Å²) in [6.07, 6.45) is 4.00. The molecular formula is C24H25N3O3. The van der Waals surface area contributed by atoms with Crippen molar-refractivity contribution in [3.8, 4) is 0 Å². The largest absolute Gasteiger partial charge is 0.346 e. The first kappa shape index (κ1) is 18.9. The lowest BCUT2D eigenvalue weighted by Crippen LogP contribution is -2.57. The Morgan fingerprint density at radius 2 is 1.80 bits per heavy atom. The van der Waals surface area contributed by atoms with Crippen LogP contribution in [0.3, 0.4) is 0 Å². The van der Waals surface area contributed by atoms with E-state index < -0.39 is 0 Å². The van der Waals surface area contributed by atoms with Crippen molar-refractivity contribution in [3.63, 3.8) is 0 Å². The molecule has 0 aromatic heterocycles. The highest BCUT2D eigenvalue weighted by molar-refractivity contribution is 6.01. The van der Waals surface area contributed by atoms with E-state index in [2.05, 4.69) is 16.7 Å². The minimum Gasteiger partial charge on any atom is -0.346 e. The molecule has 1 spiro atoms. The zero-order valence-corrected chi connectivity index (χ0v) is 16.9. The number of anilines is 1. The Morgan fingerprint density at radius 1 is 1.00 bits per heavy atom. The van der Waals surface area contributed by atoms with Gasteiger partial charge >= 0.3 is 6.03 Å². The van der Waals surface area contributed by atoms with Crippen LogP contribution >= 0.6 is 0 Å². The van der Waals surface area contributed by atoms with Crippen molar-refractivity contribution in [2.75, 3.05) is 18.4 Å². The van der Waals surface area contributed by atoms with Crippen LogP contribution in [0.5, 0.6) is 0 Å². The fraction of sp³-hybridized carbons (Fsp3) is 0.375. The Kier molecular flexibility index (Phi) is 4.57. The van der Waals surface area contributed by atoms with Crippen LogP contribution in [0.4, 0.5) is 10.5 Å². The highest BCUT2D eigenvalue weighted by Crippen LogP contribution is 2.38. The number of rotatable bonds is 1. The number of carbonyl (C=O) groups excluding carboxylic acids is 3. The molecule has 1 fully saturated rings. The number of hydrogen-bond acceptors (Lipinski definition) is 3. The molecule has 3 aliphatic rings. The highest BCUT2D eigenvalue weighted by Gasteiger charge is 2.42. The SMILES string of the molecule is O=C1Cc2ccccc2C2(CCN(C(=O)Nc3cccc4c3CCCC4=O)CC2)N1. The smallest absolute Gasteiger partial charge is 0.321 e. The van der Waals surface area contributed by atoms with Gasteiger partial charge < -0.3 is 15.5 Å². The number of piperidine rings is 1. The molecule has 6 nitrogen and oxygen atoms in total. The van der Waals surface area contributed by atoms with Crippen molar-refractivity contribution in [3.05, 3.63) is 64.7 Å². The van der Waals surface area contributed by atoms with E-state index in [4.69, 9.17) is 0 Å². The van der Waals surface area contributed by atoms with Crippen LogP contribution in [-0.2, 0) is 23.2 Å². The maximum absolute atomic E-state index is 13.0. The first-order valence-electron chi connectivity index (χ1n) is 10.7. The van der Waals surface area contributed by atoms with E-state index in [1.54, 1.807) is 4.90 Å². The number of hydrogen-bond donors (Lipinski definition) is 2. The van der Waals surface area contributed by atoms with Gasteiger partial charge in [-0.1, -0.05) is 36.4 Å². The summed E-state index contributed by atoms with van der Waals surface area (Å²) >= 11 is 0. The zero-order valence-electron chi connectivity index (χ0n) is 16.9. The number of benzene rings is 2. The summed E-state index contributed by atoms with van der Waals surface area (Å²) in [5, 5.41) is 6.24. The van der Waals surface area contributed by atoms with Crippen LogP contribution in [0.25, 0.3) is 0 Å². The fourth-order valence-electron chi connectivity index (χ4n) is 5.17. The van der Waals surface area contributed by atoms with Gasteiger partial charge in [0, 0.05) is 30.8 Å². The van der Waals surface area contributed by atoms with Crippen molar-refractivity contribution >= 4 is 23.4 Å². The number of carbonyl (C=O) groups is 3. The predicted octanol–water partition coefficient (Wildman–Crippen LogP) is 3.40. The third-order valence-corrected chi connectivity index (χ3v) is 6.72. The average molecular weight is 403 g/mol. The molecule has 0 saturated carbocycles. The lowest BCUT2D eigenvalue weighted by Gasteiger charge is -2.45. The minimum absolute atomic E-state index is 0.0483. The highest BCUT2D eigenvalue weighted by atomic mass is 16.2. The Bertz CT molecular complexity index is 1040. The molecule has 1 saturated heterocycles. The molecule has 2 heterocycles. The van der Waals surface area contributed by atoms with Gasteiger partial charge in [-0.3, -0.25) is 9.59 Å². The van der Waals surface area contributed by atoms with Crippen LogP contribution in [0, 0.1) is 0 Å². The summed E-state index contributed by atoms with van der Waals surface area (Å²) in [6, 6.07) is 13.5. The lowest BCUT2D eigenvalue weighted by atomic mass is 9.75. The topological polar surface area (TPSA) is 78.5 Å². The second-order valence-electron chi connectivity index (χ2n) is 8.49. The molecule has 0 unspecified atom stereocenters. The Hall–Kier alpha value is -3.15. The number of nitrogens with one attached hydrogen (secondary N) is 2. The number of fused-ring (bicyclic) bond motifs is 3. The number of amides is 3. The summed E-state index contributed by atoms with van der Waals surface area (Å²) in [5.41, 5.74) is 4.30. The van der Waals surface area contributed by atoms with E-state index in [9.17, 15) is 14.4 Å². The molecule has 6 heteroatoms. The molecule has 0 atom stereocenters. The summed E-state index contributed by atoms with van der Waals surface area (Å²) < 4.78 is 0. The second kappa shape index (κ2) is 7.27. The fourth-order valence-corrected chi connectivity index (χ4v) is 5.17. The molecule has 3 amide bonds. The predicted molar refractivity (Wildman–Crippen MR) is 114 cm³/mol. The van der Waals surface area contributed by atoms with Gasteiger partial charge in [0.2, 0.25) is 5.91 Å². The average Bonchev–Trinajstić information content (AvgIpc) is 2.75. The van der Waals surface area contributed by atoms with Crippen molar-refractivity contribution in [2.45, 2.75) is 44.1 Å². The van der Waals surface area contributed by atoms with E-state index in [0.29, 0.717) is 38.8 Å². The molecule has 2 aromatic carbocycles. The van der Waals surface area contributed by atoms with Crippen LogP contribution in [-0.4, -0.2) is 35.7 Å². The minimum atomic E-state index is -0.388. The molecule has 5 rings (SSSR count). The van der Waals surface area contributed by atoms with Crippen LogP contribution in [0.2, 0.25) is 0 Å². The van der Waals surface area contributed by atoms with Crippen LogP contribution in [0.1, 0.15) is 52.7 Å². The van der Waals surface area contributed by atoms with Crippen molar-refractivity contribution in [1.82, 2.24) is 10.2 Å². The van der Waals surface area contributed by atoms with Crippen LogP contribution in [0.15, 0.2) is 42.5 Å². The van der Waals surface area contributed by atoms with Crippen molar-refractivity contribution in [1.29, 1.82) is 0 Å². The van der Waals surface area contributed by atoms with E-state index in [1.165, 1.54) is 5.56 Å². The molecule has 0 radical (unpaired) electrons. The molecule has 2 N–H and O–H groups in total. The van der Waals surface area contributed by atoms with E-state index in [0.717, 1.165) is 35.2 Å². The molecule has 30 heavy (non-hydrogen) atoms.